The summed E-state index contributed by atoms with van der Waals surface area (Å²) in [4.78, 5) is 11.0. The first-order chi connectivity index (χ1) is 6.18. The number of carbonyl (C=O) groups excluding carboxylic acids is 1. The molecule has 0 aromatic carbocycles. The van der Waals surface area contributed by atoms with Crippen LogP contribution in [0.3, 0.4) is 0 Å². The van der Waals surface area contributed by atoms with Gasteiger partial charge in [-0.2, -0.15) is 0 Å². The van der Waals surface area contributed by atoms with Crippen LogP contribution < -0.4 is 5.32 Å². The van der Waals surface area contributed by atoms with Crippen molar-refractivity contribution in [1.82, 2.24) is 5.32 Å². The van der Waals surface area contributed by atoms with E-state index in [1.165, 1.54) is 25.7 Å². The van der Waals surface area contributed by atoms with Crippen LogP contribution in [-0.4, -0.2) is 11.9 Å². The summed E-state index contributed by atoms with van der Waals surface area (Å²) in [6.07, 6.45) is 5.23. The third-order valence-electron chi connectivity index (χ3n) is 3.95. The van der Waals surface area contributed by atoms with E-state index in [0.717, 1.165) is 17.8 Å². The molecule has 74 valence electrons. The zero-order valence-corrected chi connectivity index (χ0v) is 8.55. The van der Waals surface area contributed by atoms with E-state index >= 15 is 0 Å². The van der Waals surface area contributed by atoms with Crippen molar-refractivity contribution >= 4 is 5.91 Å². The largest absolute Gasteiger partial charge is 0.353 e. The molecule has 13 heavy (non-hydrogen) atoms. The van der Waals surface area contributed by atoms with E-state index in [4.69, 9.17) is 0 Å². The zero-order chi connectivity index (χ0) is 9.42. The molecular formula is C11H19NO. The topological polar surface area (TPSA) is 29.1 Å². The van der Waals surface area contributed by atoms with Gasteiger partial charge in [-0.3, -0.25) is 4.79 Å². The first kappa shape index (κ1) is 9.04. The van der Waals surface area contributed by atoms with Crippen molar-refractivity contribution in [2.75, 3.05) is 0 Å². The third kappa shape index (κ3) is 1.59. The van der Waals surface area contributed by atoms with Crippen LogP contribution in [0, 0.1) is 17.8 Å². The van der Waals surface area contributed by atoms with E-state index < -0.39 is 0 Å². The second-order valence-corrected chi connectivity index (χ2v) is 4.77. The molecule has 2 rings (SSSR count). The molecule has 2 aliphatic carbocycles. The van der Waals surface area contributed by atoms with E-state index in [2.05, 4.69) is 12.2 Å². The van der Waals surface area contributed by atoms with Gasteiger partial charge in [-0.25, -0.2) is 0 Å². The highest BCUT2D eigenvalue weighted by Gasteiger charge is 2.42. The average molecular weight is 181 g/mol. The summed E-state index contributed by atoms with van der Waals surface area (Å²) in [6.45, 7) is 3.99. The van der Waals surface area contributed by atoms with Crippen LogP contribution in [0.2, 0.25) is 0 Å². The maximum Gasteiger partial charge on any atom is 0.217 e. The van der Waals surface area contributed by atoms with Crippen LogP contribution in [0.5, 0.6) is 0 Å². The molecule has 0 aliphatic heterocycles. The van der Waals surface area contributed by atoms with Gasteiger partial charge in [-0.1, -0.05) is 13.3 Å². The Bertz CT molecular complexity index is 214. The second kappa shape index (κ2) is 3.32. The minimum atomic E-state index is 0.144. The molecule has 0 heterocycles. The lowest BCUT2D eigenvalue weighted by molar-refractivity contribution is -0.119. The summed E-state index contributed by atoms with van der Waals surface area (Å²) in [5.41, 5.74) is 0. The number of hydrogen-bond donors (Lipinski definition) is 1. The molecule has 2 nitrogen and oxygen atoms in total. The Morgan fingerprint density at radius 1 is 1.15 bits per heavy atom. The van der Waals surface area contributed by atoms with Gasteiger partial charge in [0.15, 0.2) is 0 Å². The molecule has 1 N–H and O–H groups in total. The van der Waals surface area contributed by atoms with Gasteiger partial charge in [-0.05, 0) is 37.0 Å². The van der Waals surface area contributed by atoms with Gasteiger partial charge < -0.3 is 5.32 Å². The molecule has 0 spiro atoms. The van der Waals surface area contributed by atoms with Crippen LogP contribution in [-0.2, 0) is 4.79 Å². The predicted molar refractivity (Wildman–Crippen MR) is 52.2 cm³/mol. The summed E-state index contributed by atoms with van der Waals surface area (Å²) in [5, 5.41) is 3.09. The van der Waals surface area contributed by atoms with Crippen LogP contribution >= 0.6 is 0 Å². The lowest BCUT2D eigenvalue weighted by Gasteiger charge is -2.19. The van der Waals surface area contributed by atoms with E-state index in [-0.39, 0.29) is 5.91 Å². The summed E-state index contributed by atoms with van der Waals surface area (Å²) in [5.74, 6) is 2.73. The van der Waals surface area contributed by atoms with Crippen molar-refractivity contribution < 1.29 is 4.79 Å². The number of fused-ring (bicyclic) bond motifs is 1. The Labute approximate surface area is 80.1 Å². The van der Waals surface area contributed by atoms with Crippen molar-refractivity contribution in [2.24, 2.45) is 17.8 Å². The van der Waals surface area contributed by atoms with Gasteiger partial charge in [0.05, 0.1) is 0 Å². The Kier molecular flexibility index (Phi) is 2.31. The number of rotatable bonds is 1. The van der Waals surface area contributed by atoms with Gasteiger partial charge in [0.1, 0.15) is 0 Å². The van der Waals surface area contributed by atoms with E-state index in [1.54, 1.807) is 6.92 Å². The minimum Gasteiger partial charge on any atom is -0.353 e. The third-order valence-corrected chi connectivity index (χ3v) is 3.95. The lowest BCUT2D eigenvalue weighted by atomic mass is 9.92. The maximum atomic E-state index is 11.0. The van der Waals surface area contributed by atoms with Gasteiger partial charge in [0.2, 0.25) is 5.91 Å². The fourth-order valence-electron chi connectivity index (χ4n) is 3.33. The summed E-state index contributed by atoms with van der Waals surface area (Å²) in [7, 11) is 0. The lowest BCUT2D eigenvalue weighted by Crippen LogP contribution is -2.36. The molecule has 0 aromatic rings. The Hall–Kier alpha value is -0.530. The SMILES string of the molecule is CC(=O)NC1CCC2C(C)CCC12. The molecule has 2 fully saturated rings. The smallest absolute Gasteiger partial charge is 0.217 e. The standard InChI is InChI=1S/C11H19NO/c1-7-3-4-10-9(7)5-6-11(10)12-8(2)13/h7,9-11H,3-6H2,1-2H3,(H,12,13). The van der Waals surface area contributed by atoms with E-state index in [0.29, 0.717) is 6.04 Å². The first-order valence-corrected chi connectivity index (χ1v) is 5.45. The fraction of sp³-hybridized carbons (Fsp3) is 0.909. The van der Waals surface area contributed by atoms with E-state index in [1.807, 2.05) is 0 Å². The monoisotopic (exact) mass is 181 g/mol. The quantitative estimate of drug-likeness (QED) is 0.658. The van der Waals surface area contributed by atoms with Crippen LogP contribution in [0.15, 0.2) is 0 Å². The molecule has 1 amide bonds. The van der Waals surface area contributed by atoms with E-state index in [9.17, 15) is 4.79 Å². The second-order valence-electron chi connectivity index (χ2n) is 4.77. The van der Waals surface area contributed by atoms with Crippen LogP contribution in [0.1, 0.15) is 39.5 Å². The van der Waals surface area contributed by atoms with Crippen LogP contribution in [0.4, 0.5) is 0 Å². The molecule has 2 aliphatic rings. The first-order valence-electron chi connectivity index (χ1n) is 5.45. The van der Waals surface area contributed by atoms with Gasteiger partial charge >= 0.3 is 0 Å². The summed E-state index contributed by atoms with van der Waals surface area (Å²) in [6, 6.07) is 0.493. The molecule has 4 atom stereocenters. The minimum absolute atomic E-state index is 0.144. The van der Waals surface area contributed by atoms with Gasteiger partial charge in [-0.15, -0.1) is 0 Å². The fourth-order valence-corrected chi connectivity index (χ4v) is 3.33. The predicted octanol–water partition coefficient (Wildman–Crippen LogP) is 1.95. The zero-order valence-electron chi connectivity index (χ0n) is 8.55. The molecule has 2 saturated carbocycles. The highest BCUT2D eigenvalue weighted by Crippen LogP contribution is 2.47. The summed E-state index contributed by atoms with van der Waals surface area (Å²) >= 11 is 0. The van der Waals surface area contributed by atoms with Crippen molar-refractivity contribution in [3.8, 4) is 0 Å². The number of hydrogen-bond acceptors (Lipinski definition) is 1. The normalized spacial score (nSPS) is 43.2. The van der Waals surface area contributed by atoms with Crippen molar-refractivity contribution in [1.29, 1.82) is 0 Å². The molecule has 0 bridgehead atoms. The Morgan fingerprint density at radius 3 is 2.54 bits per heavy atom. The number of nitrogens with one attached hydrogen (secondary N) is 1. The highest BCUT2D eigenvalue weighted by molar-refractivity contribution is 5.73. The maximum absolute atomic E-state index is 11.0. The van der Waals surface area contributed by atoms with Crippen molar-refractivity contribution in [3.05, 3.63) is 0 Å². The van der Waals surface area contributed by atoms with Crippen molar-refractivity contribution in [2.45, 2.75) is 45.6 Å². The molecule has 0 saturated heterocycles. The highest BCUT2D eigenvalue weighted by atomic mass is 16.1. The molecule has 4 unspecified atom stereocenters. The summed E-state index contributed by atoms with van der Waals surface area (Å²) < 4.78 is 0. The number of carbonyl (C=O) groups is 1. The molecule has 0 radical (unpaired) electrons. The Morgan fingerprint density at radius 2 is 1.85 bits per heavy atom. The van der Waals surface area contributed by atoms with Gasteiger partial charge in [0, 0.05) is 13.0 Å². The molecule has 0 aromatic heterocycles. The van der Waals surface area contributed by atoms with Crippen molar-refractivity contribution in [3.63, 3.8) is 0 Å². The molecule has 2 heteroatoms. The average Bonchev–Trinajstić information content (AvgIpc) is 2.56. The Balaban J connectivity index is 1.98. The van der Waals surface area contributed by atoms with Gasteiger partial charge in [0.25, 0.3) is 0 Å². The molecular weight excluding hydrogens is 162 g/mol. The number of amides is 1. The van der Waals surface area contributed by atoms with Crippen LogP contribution in [0.25, 0.3) is 0 Å².